The summed E-state index contributed by atoms with van der Waals surface area (Å²) in [7, 11) is 0. The third-order valence-corrected chi connectivity index (χ3v) is 6.57. The van der Waals surface area contributed by atoms with E-state index in [2.05, 4.69) is 24.3 Å². The first-order valence-electron chi connectivity index (χ1n) is 7.23. The SMILES string of the molecule is O=C(c1ccccc1)C1SCCCSC1c1ccccc1. The molecule has 0 spiro atoms. The molecule has 1 heterocycles. The predicted octanol–water partition coefficient (Wildman–Crippen LogP) is 4.85. The first kappa shape index (κ1) is 14.7. The average molecular weight is 314 g/mol. The summed E-state index contributed by atoms with van der Waals surface area (Å²) in [4.78, 5) is 12.9. The maximum Gasteiger partial charge on any atom is 0.177 e. The highest BCUT2D eigenvalue weighted by atomic mass is 32.2. The zero-order valence-corrected chi connectivity index (χ0v) is 13.4. The van der Waals surface area contributed by atoms with Crippen molar-refractivity contribution in [3.63, 3.8) is 0 Å². The Labute approximate surface area is 134 Å². The number of benzene rings is 2. The summed E-state index contributed by atoms with van der Waals surface area (Å²) in [5.41, 5.74) is 2.10. The standard InChI is InChI=1S/C18H18OS2/c19-16(14-8-3-1-4-9-14)18-17(20-12-7-13-21-18)15-10-5-2-6-11-15/h1-6,8-11,17-18H,7,12-13H2. The second kappa shape index (κ2) is 7.19. The van der Waals surface area contributed by atoms with Gasteiger partial charge in [-0.2, -0.15) is 11.8 Å². The molecule has 1 saturated heterocycles. The lowest BCUT2D eigenvalue weighted by molar-refractivity contribution is 0.0988. The molecule has 0 N–H and O–H groups in total. The number of rotatable bonds is 3. The first-order valence-corrected chi connectivity index (χ1v) is 9.33. The summed E-state index contributed by atoms with van der Waals surface area (Å²) in [5, 5.41) is 0.272. The van der Waals surface area contributed by atoms with E-state index in [1.165, 1.54) is 12.0 Å². The van der Waals surface area contributed by atoms with Gasteiger partial charge >= 0.3 is 0 Å². The van der Waals surface area contributed by atoms with E-state index in [1.807, 2.05) is 59.9 Å². The van der Waals surface area contributed by atoms with Gasteiger partial charge in [0.25, 0.3) is 0 Å². The van der Waals surface area contributed by atoms with Crippen molar-refractivity contribution in [2.24, 2.45) is 0 Å². The van der Waals surface area contributed by atoms with Gasteiger partial charge in [-0.25, -0.2) is 0 Å². The van der Waals surface area contributed by atoms with Crippen LogP contribution >= 0.6 is 23.5 Å². The van der Waals surface area contributed by atoms with Crippen LogP contribution in [0.1, 0.15) is 27.6 Å². The van der Waals surface area contributed by atoms with E-state index in [4.69, 9.17) is 0 Å². The molecule has 108 valence electrons. The number of carbonyl (C=O) groups is 1. The number of Topliss-reactive ketones (excluding diaryl/α,β-unsaturated/α-hetero) is 1. The third-order valence-electron chi connectivity index (χ3n) is 3.60. The summed E-state index contributed by atoms with van der Waals surface area (Å²) in [5.74, 6) is 2.47. The van der Waals surface area contributed by atoms with Crippen LogP contribution < -0.4 is 0 Å². The Kier molecular flexibility index (Phi) is 5.04. The molecule has 21 heavy (non-hydrogen) atoms. The summed E-state index contributed by atoms with van der Waals surface area (Å²) < 4.78 is 0. The van der Waals surface area contributed by atoms with Crippen molar-refractivity contribution in [2.45, 2.75) is 16.9 Å². The van der Waals surface area contributed by atoms with Gasteiger partial charge in [-0.05, 0) is 23.5 Å². The second-order valence-corrected chi connectivity index (χ2v) is 7.58. The molecule has 3 heteroatoms. The van der Waals surface area contributed by atoms with Crippen molar-refractivity contribution < 1.29 is 4.79 Å². The zero-order chi connectivity index (χ0) is 14.5. The topological polar surface area (TPSA) is 17.1 Å². The smallest absolute Gasteiger partial charge is 0.177 e. The molecule has 0 radical (unpaired) electrons. The minimum absolute atomic E-state index is 0.0160. The molecule has 1 fully saturated rings. The molecule has 2 atom stereocenters. The monoisotopic (exact) mass is 314 g/mol. The largest absolute Gasteiger partial charge is 0.293 e. The molecule has 1 nitrogen and oxygen atoms in total. The van der Waals surface area contributed by atoms with Crippen molar-refractivity contribution in [2.75, 3.05) is 11.5 Å². The normalized spacial score (nSPS) is 22.5. The summed E-state index contributed by atoms with van der Waals surface area (Å²) in [6, 6.07) is 20.2. The lowest BCUT2D eigenvalue weighted by Crippen LogP contribution is -2.23. The van der Waals surface area contributed by atoms with E-state index >= 15 is 0 Å². The van der Waals surface area contributed by atoms with E-state index in [9.17, 15) is 4.79 Å². The molecule has 0 aliphatic carbocycles. The lowest BCUT2D eigenvalue weighted by atomic mass is 10.0. The van der Waals surface area contributed by atoms with Crippen LogP contribution in [0.25, 0.3) is 0 Å². The summed E-state index contributed by atoms with van der Waals surface area (Å²) >= 11 is 3.75. The Bertz CT molecular complexity index is 583. The van der Waals surface area contributed by atoms with Gasteiger partial charge < -0.3 is 0 Å². The van der Waals surface area contributed by atoms with E-state index in [1.54, 1.807) is 0 Å². The van der Waals surface area contributed by atoms with Gasteiger partial charge in [-0.3, -0.25) is 4.79 Å². The Morgan fingerprint density at radius 3 is 2.19 bits per heavy atom. The van der Waals surface area contributed by atoms with Gasteiger partial charge in [0, 0.05) is 10.8 Å². The molecule has 1 aliphatic heterocycles. The van der Waals surface area contributed by atoms with Gasteiger partial charge in [0.1, 0.15) is 0 Å². The minimum atomic E-state index is 0.0160. The molecule has 1 aliphatic rings. The Balaban J connectivity index is 1.91. The summed E-state index contributed by atoms with van der Waals surface area (Å²) in [6.45, 7) is 0. The summed E-state index contributed by atoms with van der Waals surface area (Å²) in [6.07, 6.45) is 1.18. The molecular weight excluding hydrogens is 296 g/mol. The van der Waals surface area contributed by atoms with Gasteiger partial charge in [0.05, 0.1) is 5.25 Å². The van der Waals surface area contributed by atoms with Crippen molar-refractivity contribution in [3.05, 3.63) is 71.8 Å². The lowest BCUT2D eigenvalue weighted by Gasteiger charge is -2.23. The van der Waals surface area contributed by atoms with Crippen LogP contribution in [0.15, 0.2) is 60.7 Å². The van der Waals surface area contributed by atoms with Crippen LogP contribution in [0.2, 0.25) is 0 Å². The van der Waals surface area contributed by atoms with Crippen molar-refractivity contribution in [1.29, 1.82) is 0 Å². The van der Waals surface area contributed by atoms with Crippen LogP contribution in [-0.4, -0.2) is 22.5 Å². The third kappa shape index (κ3) is 3.53. The number of hydrogen-bond donors (Lipinski definition) is 0. The van der Waals surface area contributed by atoms with Crippen LogP contribution in [-0.2, 0) is 0 Å². The molecule has 2 unspecified atom stereocenters. The van der Waals surface area contributed by atoms with Crippen LogP contribution in [0, 0.1) is 0 Å². The van der Waals surface area contributed by atoms with Gasteiger partial charge in [-0.15, -0.1) is 11.8 Å². The van der Waals surface area contributed by atoms with Crippen molar-refractivity contribution >= 4 is 29.3 Å². The average Bonchev–Trinajstić information content (AvgIpc) is 2.81. The van der Waals surface area contributed by atoms with Gasteiger partial charge in [0.15, 0.2) is 5.78 Å². The van der Waals surface area contributed by atoms with Gasteiger partial charge in [-0.1, -0.05) is 60.7 Å². The molecule has 0 saturated carbocycles. The highest BCUT2D eigenvalue weighted by molar-refractivity contribution is 8.04. The fourth-order valence-electron chi connectivity index (χ4n) is 2.55. The molecule has 2 aromatic carbocycles. The first-order chi connectivity index (χ1) is 10.4. The molecule has 0 aromatic heterocycles. The molecule has 0 bridgehead atoms. The molecular formula is C18H18OS2. The Hall–Kier alpha value is -1.19. The number of ketones is 1. The fourth-order valence-corrected chi connectivity index (χ4v) is 5.60. The second-order valence-electron chi connectivity index (χ2n) is 5.08. The fraction of sp³-hybridized carbons (Fsp3) is 0.278. The van der Waals surface area contributed by atoms with Gasteiger partial charge in [0.2, 0.25) is 0 Å². The van der Waals surface area contributed by atoms with Crippen LogP contribution in [0.3, 0.4) is 0 Å². The van der Waals surface area contributed by atoms with E-state index in [0.717, 1.165) is 17.1 Å². The van der Waals surface area contributed by atoms with Crippen LogP contribution in [0.5, 0.6) is 0 Å². The highest BCUT2D eigenvalue weighted by Crippen LogP contribution is 2.42. The number of thioether (sulfide) groups is 2. The molecule has 2 aromatic rings. The van der Waals surface area contributed by atoms with E-state index in [0.29, 0.717) is 0 Å². The van der Waals surface area contributed by atoms with E-state index < -0.39 is 0 Å². The van der Waals surface area contributed by atoms with Crippen molar-refractivity contribution in [3.8, 4) is 0 Å². The quantitative estimate of drug-likeness (QED) is 0.754. The van der Waals surface area contributed by atoms with E-state index in [-0.39, 0.29) is 16.3 Å². The minimum Gasteiger partial charge on any atom is -0.293 e. The predicted molar refractivity (Wildman–Crippen MR) is 93.3 cm³/mol. The van der Waals surface area contributed by atoms with Crippen molar-refractivity contribution in [1.82, 2.24) is 0 Å². The molecule has 3 rings (SSSR count). The highest BCUT2D eigenvalue weighted by Gasteiger charge is 2.32. The number of carbonyl (C=O) groups excluding carboxylic acids is 1. The Morgan fingerprint density at radius 2 is 1.48 bits per heavy atom. The van der Waals surface area contributed by atoms with Crippen LogP contribution in [0.4, 0.5) is 0 Å². The maximum absolute atomic E-state index is 12.9. The Morgan fingerprint density at radius 1 is 0.857 bits per heavy atom. The molecule has 0 amide bonds. The number of hydrogen-bond acceptors (Lipinski definition) is 3. The maximum atomic E-state index is 12.9. The zero-order valence-electron chi connectivity index (χ0n) is 11.8.